The molecule has 0 rings (SSSR count). The van der Waals surface area contributed by atoms with E-state index in [4.69, 9.17) is 19.9 Å². The summed E-state index contributed by atoms with van der Waals surface area (Å²) in [5.41, 5.74) is 4.49. The van der Waals surface area contributed by atoms with Crippen molar-refractivity contribution in [1.82, 2.24) is 0 Å². The van der Waals surface area contributed by atoms with E-state index in [0.29, 0.717) is 0 Å². The molecule has 0 aliphatic carbocycles. The molecule has 0 amide bonds. The number of carbonyl (C=O) groups excluding carboxylic acids is 3. The number of hydrogen-bond acceptors (Lipinski definition) is 7. The van der Waals surface area contributed by atoms with Crippen LogP contribution in [0.2, 0.25) is 0 Å². The highest BCUT2D eigenvalue weighted by molar-refractivity contribution is 5.82. The SMILES string of the molecule is C=CC(=O)OCC(N)(COC(=O)C=C)COC(=O)C=C. The van der Waals surface area contributed by atoms with E-state index < -0.39 is 23.4 Å². The van der Waals surface area contributed by atoms with Crippen molar-refractivity contribution in [3.63, 3.8) is 0 Å². The van der Waals surface area contributed by atoms with Gasteiger partial charge in [0.25, 0.3) is 0 Å². The second-order valence-electron chi connectivity index (χ2n) is 3.80. The van der Waals surface area contributed by atoms with E-state index in [2.05, 4.69) is 19.7 Å². The molecule has 110 valence electrons. The molecule has 20 heavy (non-hydrogen) atoms. The summed E-state index contributed by atoms with van der Waals surface area (Å²) in [4.78, 5) is 33.0. The third kappa shape index (κ3) is 7.12. The van der Waals surface area contributed by atoms with Gasteiger partial charge in [-0.25, -0.2) is 14.4 Å². The first kappa shape index (κ1) is 17.6. The van der Waals surface area contributed by atoms with E-state index in [-0.39, 0.29) is 19.8 Å². The van der Waals surface area contributed by atoms with Crippen molar-refractivity contribution in [3.8, 4) is 0 Å². The fourth-order valence-electron chi connectivity index (χ4n) is 0.946. The van der Waals surface area contributed by atoms with Crippen molar-refractivity contribution in [2.45, 2.75) is 5.54 Å². The molecule has 7 heteroatoms. The molecule has 0 saturated heterocycles. The van der Waals surface area contributed by atoms with Crippen LogP contribution < -0.4 is 5.73 Å². The lowest BCUT2D eigenvalue weighted by molar-refractivity contribution is -0.148. The van der Waals surface area contributed by atoms with Gasteiger partial charge in [-0.3, -0.25) is 0 Å². The van der Waals surface area contributed by atoms with Crippen LogP contribution >= 0.6 is 0 Å². The summed E-state index contributed by atoms with van der Waals surface area (Å²) >= 11 is 0. The smallest absolute Gasteiger partial charge is 0.330 e. The Balaban J connectivity index is 4.63. The summed E-state index contributed by atoms with van der Waals surface area (Å²) in [5.74, 6) is -2.11. The minimum Gasteiger partial charge on any atom is -0.460 e. The van der Waals surface area contributed by atoms with Crippen LogP contribution in [0.1, 0.15) is 0 Å². The second-order valence-corrected chi connectivity index (χ2v) is 3.80. The maximum atomic E-state index is 11.0. The van der Waals surface area contributed by atoms with E-state index >= 15 is 0 Å². The fourth-order valence-corrected chi connectivity index (χ4v) is 0.946. The summed E-state index contributed by atoms with van der Waals surface area (Å²) in [7, 11) is 0. The van der Waals surface area contributed by atoms with Crippen molar-refractivity contribution < 1.29 is 28.6 Å². The number of hydrogen-bond donors (Lipinski definition) is 1. The predicted molar refractivity (Wildman–Crippen MR) is 70.4 cm³/mol. The van der Waals surface area contributed by atoms with E-state index in [1.54, 1.807) is 0 Å². The summed E-state index contributed by atoms with van der Waals surface area (Å²) in [6.07, 6.45) is 2.85. The molecule has 0 heterocycles. The monoisotopic (exact) mass is 283 g/mol. The van der Waals surface area contributed by atoms with E-state index in [1.165, 1.54) is 0 Å². The number of carbonyl (C=O) groups is 3. The molecular formula is C13H17NO6. The van der Waals surface area contributed by atoms with Gasteiger partial charge in [0.1, 0.15) is 25.4 Å². The Morgan fingerprint density at radius 2 is 1.05 bits per heavy atom. The predicted octanol–water partition coefficient (Wildman–Crippen LogP) is -0.128. The van der Waals surface area contributed by atoms with Gasteiger partial charge in [-0.2, -0.15) is 0 Å². The molecule has 0 saturated carbocycles. The van der Waals surface area contributed by atoms with Crippen molar-refractivity contribution in [3.05, 3.63) is 38.0 Å². The van der Waals surface area contributed by atoms with Gasteiger partial charge in [-0.15, -0.1) is 0 Å². The molecule has 0 aliphatic rings. The lowest BCUT2D eigenvalue weighted by atomic mass is 10.1. The zero-order valence-corrected chi connectivity index (χ0v) is 11.0. The standard InChI is InChI=1S/C13H17NO6/c1-4-10(15)18-7-13(14,8-19-11(16)5-2)9-20-12(17)6-3/h4-6H,1-3,7-9,14H2. The van der Waals surface area contributed by atoms with Crippen molar-refractivity contribution in [2.75, 3.05) is 19.8 Å². The largest absolute Gasteiger partial charge is 0.460 e. The van der Waals surface area contributed by atoms with Gasteiger partial charge in [0, 0.05) is 18.2 Å². The number of esters is 3. The van der Waals surface area contributed by atoms with Gasteiger partial charge in [0.2, 0.25) is 0 Å². The highest BCUT2D eigenvalue weighted by atomic mass is 16.6. The quantitative estimate of drug-likeness (QED) is 0.357. The van der Waals surface area contributed by atoms with Gasteiger partial charge >= 0.3 is 17.9 Å². The molecule has 0 bridgehead atoms. The Morgan fingerprint density at radius 3 is 1.25 bits per heavy atom. The Labute approximate surface area is 116 Å². The number of nitrogens with two attached hydrogens (primary N) is 1. The molecule has 0 fully saturated rings. The molecule has 7 nitrogen and oxygen atoms in total. The van der Waals surface area contributed by atoms with E-state index in [9.17, 15) is 14.4 Å². The first-order valence-electron chi connectivity index (χ1n) is 5.53. The number of rotatable bonds is 9. The van der Waals surface area contributed by atoms with Crippen molar-refractivity contribution in [1.29, 1.82) is 0 Å². The molecule has 0 aliphatic heterocycles. The molecule has 0 atom stereocenters. The van der Waals surface area contributed by atoms with Gasteiger partial charge in [-0.1, -0.05) is 19.7 Å². The maximum absolute atomic E-state index is 11.0. The highest BCUT2D eigenvalue weighted by Crippen LogP contribution is 2.06. The van der Waals surface area contributed by atoms with Crippen LogP contribution in [0, 0.1) is 0 Å². The summed E-state index contributed by atoms with van der Waals surface area (Å²) in [6, 6.07) is 0. The second kappa shape index (κ2) is 8.65. The first-order valence-corrected chi connectivity index (χ1v) is 5.53. The molecule has 0 aromatic heterocycles. The minimum atomic E-state index is -1.38. The Kier molecular flexibility index (Phi) is 7.61. The average Bonchev–Trinajstić information content (AvgIpc) is 2.47. The van der Waals surface area contributed by atoms with Crippen LogP contribution in [0.4, 0.5) is 0 Å². The highest BCUT2D eigenvalue weighted by Gasteiger charge is 2.30. The zero-order valence-electron chi connectivity index (χ0n) is 11.0. The van der Waals surface area contributed by atoms with Crippen LogP contribution in [0.5, 0.6) is 0 Å². The Morgan fingerprint density at radius 1 is 0.800 bits per heavy atom. The van der Waals surface area contributed by atoms with Crippen LogP contribution in [-0.2, 0) is 28.6 Å². The van der Waals surface area contributed by atoms with Crippen LogP contribution in [0.3, 0.4) is 0 Å². The minimum absolute atomic E-state index is 0.327. The zero-order chi connectivity index (χ0) is 15.6. The Hall–Kier alpha value is -2.41. The molecule has 0 aromatic rings. The van der Waals surface area contributed by atoms with E-state index in [1.807, 2.05) is 0 Å². The van der Waals surface area contributed by atoms with Crippen LogP contribution in [0.25, 0.3) is 0 Å². The van der Waals surface area contributed by atoms with Crippen molar-refractivity contribution in [2.24, 2.45) is 5.73 Å². The fraction of sp³-hybridized carbons (Fsp3) is 0.308. The molecule has 0 unspecified atom stereocenters. The van der Waals surface area contributed by atoms with Crippen LogP contribution in [0.15, 0.2) is 38.0 Å². The van der Waals surface area contributed by atoms with Crippen molar-refractivity contribution >= 4 is 17.9 Å². The first-order chi connectivity index (χ1) is 9.36. The third-order valence-corrected chi connectivity index (χ3v) is 2.01. The van der Waals surface area contributed by atoms with Gasteiger partial charge in [0.15, 0.2) is 0 Å². The van der Waals surface area contributed by atoms with E-state index in [0.717, 1.165) is 18.2 Å². The maximum Gasteiger partial charge on any atom is 0.330 e. The topological polar surface area (TPSA) is 105 Å². The van der Waals surface area contributed by atoms with Gasteiger partial charge < -0.3 is 19.9 Å². The number of ether oxygens (including phenoxy) is 3. The van der Waals surface area contributed by atoms with Gasteiger partial charge in [-0.05, 0) is 0 Å². The molecular weight excluding hydrogens is 266 g/mol. The molecule has 0 spiro atoms. The summed E-state index contributed by atoms with van der Waals surface area (Å²) in [6.45, 7) is 8.69. The lowest BCUT2D eigenvalue weighted by Crippen LogP contribution is -2.53. The lowest BCUT2D eigenvalue weighted by Gasteiger charge is -2.27. The summed E-state index contributed by atoms with van der Waals surface area (Å²) < 4.78 is 14.3. The van der Waals surface area contributed by atoms with Crippen LogP contribution in [-0.4, -0.2) is 43.3 Å². The Bertz CT molecular complexity index is 355. The normalized spacial score (nSPS) is 10.1. The molecule has 0 radical (unpaired) electrons. The summed E-state index contributed by atoms with van der Waals surface area (Å²) in [5, 5.41) is 0. The average molecular weight is 283 g/mol. The molecule has 2 N–H and O–H groups in total. The molecule has 0 aromatic carbocycles. The third-order valence-electron chi connectivity index (χ3n) is 2.01. The van der Waals surface area contributed by atoms with Gasteiger partial charge in [0.05, 0.1) is 0 Å².